The number of Topliss-reactive ketones (excluding diaryl/α,β-unsaturated/α-hetero) is 1. The Kier molecular flexibility index (Phi) is 12.9. The standard InChI is InChI=1S/C11H14O3.C11H12O2.Cl2OS/c1-2-14-10-6-3-9(4-7-10)5-8-11(12)13;1-2-13-9-5-3-8-4-6-11(12)10(8)7-9;1-4(2)3/h3-4,6-7H,2,5,8H2,1H3,(H,12,13);3,5,7H,2,4,6H2,1H3;. The fourth-order valence-corrected chi connectivity index (χ4v) is 2.84. The fourth-order valence-electron chi connectivity index (χ4n) is 2.84. The third-order valence-corrected chi connectivity index (χ3v) is 4.18. The van der Waals surface area contributed by atoms with Crippen LogP contribution in [0.2, 0.25) is 0 Å². The van der Waals surface area contributed by atoms with E-state index in [0.717, 1.165) is 34.6 Å². The number of carbonyl (C=O) groups excluding carboxylic acids is 1. The highest BCUT2D eigenvalue weighted by molar-refractivity contribution is 8.26. The maximum absolute atomic E-state index is 11.4. The van der Waals surface area contributed by atoms with E-state index in [2.05, 4.69) is 21.4 Å². The third kappa shape index (κ3) is 11.2. The van der Waals surface area contributed by atoms with Crippen LogP contribution in [0.3, 0.4) is 0 Å². The van der Waals surface area contributed by atoms with E-state index in [-0.39, 0.29) is 12.2 Å². The van der Waals surface area contributed by atoms with E-state index in [1.807, 2.05) is 56.3 Å². The number of carbonyl (C=O) groups is 2. The van der Waals surface area contributed by atoms with Crippen LogP contribution >= 0.6 is 21.4 Å². The second kappa shape index (κ2) is 14.8. The molecule has 1 aliphatic rings. The smallest absolute Gasteiger partial charge is 0.303 e. The molecule has 3 rings (SSSR count). The molecule has 0 bridgehead atoms. The maximum atomic E-state index is 11.4. The molecule has 0 saturated heterocycles. The van der Waals surface area contributed by atoms with Crippen molar-refractivity contribution in [1.82, 2.24) is 0 Å². The molecule has 0 spiro atoms. The van der Waals surface area contributed by atoms with Crippen molar-refractivity contribution < 1.29 is 28.4 Å². The largest absolute Gasteiger partial charge is 0.494 e. The predicted octanol–water partition coefficient (Wildman–Crippen LogP) is 5.36. The summed E-state index contributed by atoms with van der Waals surface area (Å²) in [4.78, 5) is 21.7. The molecule has 1 aliphatic carbocycles. The Bertz CT molecular complexity index is 867. The van der Waals surface area contributed by atoms with Crippen LogP contribution in [0.15, 0.2) is 42.5 Å². The van der Waals surface area contributed by atoms with E-state index in [9.17, 15) is 9.59 Å². The Morgan fingerprint density at radius 2 is 1.55 bits per heavy atom. The first-order chi connectivity index (χ1) is 14.8. The van der Waals surface area contributed by atoms with Crippen molar-refractivity contribution in [3.8, 4) is 11.5 Å². The number of halogens is 2. The molecule has 0 saturated carbocycles. The Balaban J connectivity index is 0.000000265. The molecule has 9 heteroatoms. The Morgan fingerprint density at radius 1 is 1.00 bits per heavy atom. The van der Waals surface area contributed by atoms with Gasteiger partial charge < -0.3 is 14.6 Å². The van der Waals surface area contributed by atoms with Crippen LogP contribution in [0.5, 0.6) is 11.5 Å². The quantitative estimate of drug-likeness (QED) is 0.527. The molecule has 0 unspecified atom stereocenters. The zero-order valence-electron chi connectivity index (χ0n) is 17.4. The normalized spacial score (nSPS) is 11.6. The molecule has 0 atom stereocenters. The van der Waals surface area contributed by atoms with E-state index >= 15 is 0 Å². The summed E-state index contributed by atoms with van der Waals surface area (Å²) in [5.41, 5.74) is 3.04. The first kappa shape index (κ1) is 26.9. The Hall–Kier alpha value is -2.09. The average Bonchev–Trinajstić information content (AvgIpc) is 3.08. The zero-order valence-corrected chi connectivity index (χ0v) is 19.8. The number of hydrogen-bond acceptors (Lipinski definition) is 5. The van der Waals surface area contributed by atoms with Crippen molar-refractivity contribution in [2.45, 2.75) is 39.5 Å². The van der Waals surface area contributed by atoms with E-state index in [4.69, 9.17) is 18.8 Å². The van der Waals surface area contributed by atoms with Crippen LogP contribution in [-0.4, -0.2) is 34.3 Å². The summed E-state index contributed by atoms with van der Waals surface area (Å²) in [5.74, 6) is 1.11. The van der Waals surface area contributed by atoms with Crippen LogP contribution in [-0.2, 0) is 26.9 Å². The highest BCUT2D eigenvalue weighted by Gasteiger charge is 2.19. The monoisotopic (exact) mass is 488 g/mol. The highest BCUT2D eigenvalue weighted by Crippen LogP contribution is 2.25. The van der Waals surface area contributed by atoms with Gasteiger partial charge in [-0.25, -0.2) is 4.21 Å². The van der Waals surface area contributed by atoms with Crippen molar-refractivity contribution >= 4 is 42.3 Å². The lowest BCUT2D eigenvalue weighted by molar-refractivity contribution is -0.136. The van der Waals surface area contributed by atoms with E-state index in [1.165, 1.54) is 0 Å². The molecule has 6 nitrogen and oxygen atoms in total. The van der Waals surface area contributed by atoms with Gasteiger partial charge in [0.1, 0.15) is 11.5 Å². The number of carboxylic acids is 1. The summed E-state index contributed by atoms with van der Waals surface area (Å²) >= 11 is 0. The predicted molar refractivity (Wildman–Crippen MR) is 124 cm³/mol. The summed E-state index contributed by atoms with van der Waals surface area (Å²) in [7, 11) is 7.36. The second-order valence-corrected chi connectivity index (χ2v) is 8.85. The topological polar surface area (TPSA) is 89.9 Å². The molecule has 2 aromatic rings. The van der Waals surface area contributed by atoms with Crippen molar-refractivity contribution in [2.75, 3.05) is 13.2 Å². The number of rotatable bonds is 7. The van der Waals surface area contributed by atoms with Crippen LogP contribution in [0.25, 0.3) is 0 Å². The number of benzene rings is 2. The van der Waals surface area contributed by atoms with Gasteiger partial charge in [-0.3, -0.25) is 9.59 Å². The van der Waals surface area contributed by atoms with Gasteiger partial charge in [-0.2, -0.15) is 0 Å². The minimum absolute atomic E-state index is 0.175. The van der Waals surface area contributed by atoms with Gasteiger partial charge in [0.2, 0.25) is 9.23 Å². The van der Waals surface area contributed by atoms with Crippen molar-refractivity contribution in [3.05, 3.63) is 59.2 Å². The minimum Gasteiger partial charge on any atom is -0.494 e. The number of fused-ring (bicyclic) bond motifs is 1. The molecule has 0 aliphatic heterocycles. The van der Waals surface area contributed by atoms with Crippen molar-refractivity contribution in [1.29, 1.82) is 0 Å². The molecule has 0 aromatic heterocycles. The van der Waals surface area contributed by atoms with Gasteiger partial charge in [0.05, 0.1) is 13.2 Å². The zero-order chi connectivity index (χ0) is 23.2. The molecule has 1 N–H and O–H groups in total. The first-order valence-electron chi connectivity index (χ1n) is 9.73. The van der Waals surface area contributed by atoms with Crippen molar-refractivity contribution in [2.24, 2.45) is 0 Å². The average molecular weight is 489 g/mol. The van der Waals surface area contributed by atoms with Gasteiger partial charge >= 0.3 is 5.97 Å². The molecule has 0 amide bonds. The van der Waals surface area contributed by atoms with E-state index < -0.39 is 15.2 Å². The fraction of sp³-hybridized carbons (Fsp3) is 0.364. The van der Waals surface area contributed by atoms with E-state index in [1.54, 1.807) is 0 Å². The molecule has 0 fully saturated rings. The van der Waals surface area contributed by atoms with Gasteiger partial charge in [0, 0.05) is 39.8 Å². The van der Waals surface area contributed by atoms with Gasteiger partial charge in [0.25, 0.3) is 0 Å². The maximum Gasteiger partial charge on any atom is 0.303 e. The van der Waals surface area contributed by atoms with Gasteiger partial charge in [0.15, 0.2) is 5.78 Å². The van der Waals surface area contributed by atoms with Gasteiger partial charge in [-0.1, -0.05) is 18.2 Å². The molecule has 2 aromatic carbocycles. The summed E-state index contributed by atoms with van der Waals surface area (Å²) < 4.78 is 19.7. The van der Waals surface area contributed by atoms with Crippen LogP contribution in [0.1, 0.15) is 48.2 Å². The Labute approximate surface area is 193 Å². The number of hydrogen-bond donors (Lipinski definition) is 1. The third-order valence-electron chi connectivity index (χ3n) is 4.18. The van der Waals surface area contributed by atoms with Gasteiger partial charge in [-0.15, -0.1) is 0 Å². The lowest BCUT2D eigenvalue weighted by Crippen LogP contribution is -1.97. The van der Waals surface area contributed by atoms with Crippen LogP contribution < -0.4 is 9.47 Å². The Morgan fingerprint density at radius 3 is 2.10 bits per heavy atom. The molecule has 0 radical (unpaired) electrons. The summed E-state index contributed by atoms with van der Waals surface area (Å²) in [6.07, 6.45) is 2.29. The summed E-state index contributed by atoms with van der Waals surface area (Å²) in [6.45, 7) is 5.16. The molecular weight excluding hydrogens is 463 g/mol. The lowest BCUT2D eigenvalue weighted by Gasteiger charge is -2.04. The number of carboxylic acid groups (broad SMARTS) is 1. The molecular formula is C22H26Cl2O6S. The number of aliphatic carboxylic acids is 1. The summed E-state index contributed by atoms with van der Waals surface area (Å²) in [6, 6.07) is 13.3. The number of ketones is 1. The molecule has 0 heterocycles. The number of ether oxygens (including phenoxy) is 2. The first-order valence-corrected chi connectivity index (χ1v) is 12.5. The second-order valence-electron chi connectivity index (χ2n) is 6.33. The minimum atomic E-state index is -1.67. The molecule has 170 valence electrons. The van der Waals surface area contributed by atoms with Gasteiger partial charge in [-0.05, 0) is 62.1 Å². The highest BCUT2D eigenvalue weighted by atomic mass is 36.0. The van der Waals surface area contributed by atoms with Crippen molar-refractivity contribution in [3.63, 3.8) is 0 Å². The van der Waals surface area contributed by atoms with E-state index in [0.29, 0.717) is 26.1 Å². The van der Waals surface area contributed by atoms with Crippen LogP contribution in [0.4, 0.5) is 0 Å². The summed E-state index contributed by atoms with van der Waals surface area (Å²) in [5, 5.41) is 8.49. The van der Waals surface area contributed by atoms with Crippen LogP contribution in [0, 0.1) is 0 Å². The SMILES string of the molecule is CCOc1ccc(CCC(=O)O)cc1.CCOc1ccc2c(c1)C(=O)CC2.O=S(Cl)Cl. The number of aryl methyl sites for hydroxylation is 2. The lowest BCUT2D eigenvalue weighted by atomic mass is 10.1. The molecule has 31 heavy (non-hydrogen) atoms.